The maximum Gasteiger partial charge on any atom is 0.422 e. The van der Waals surface area contributed by atoms with Crippen molar-refractivity contribution in [3.05, 3.63) is 23.8 Å². The van der Waals surface area contributed by atoms with Crippen LogP contribution in [-0.4, -0.2) is 24.9 Å². The number of nitrogens with one attached hydrogen (secondary N) is 1. The van der Waals surface area contributed by atoms with Crippen LogP contribution in [0.2, 0.25) is 0 Å². The predicted molar refractivity (Wildman–Crippen MR) is 62.0 cm³/mol. The average molecular weight is 326 g/mol. The Morgan fingerprint density at radius 3 is 2.32 bits per heavy atom. The van der Waals surface area contributed by atoms with Crippen molar-refractivity contribution < 1.29 is 35.9 Å². The largest absolute Gasteiger partial charge is 0.483 e. The third-order valence-electron chi connectivity index (χ3n) is 2.14. The van der Waals surface area contributed by atoms with Crippen LogP contribution in [0.3, 0.4) is 0 Å². The number of rotatable bonds is 4. The zero-order chi connectivity index (χ0) is 17.0. The molecule has 0 aliphatic rings. The first kappa shape index (κ1) is 17.6. The molecule has 0 fully saturated rings. The summed E-state index contributed by atoms with van der Waals surface area (Å²) in [6.07, 6.45) is -11.0. The lowest BCUT2D eigenvalue weighted by molar-refractivity contribution is -0.153. The third kappa shape index (κ3) is 6.34. The molecule has 1 aromatic rings. The van der Waals surface area contributed by atoms with Crippen LogP contribution in [0.5, 0.6) is 5.75 Å². The van der Waals surface area contributed by atoms with E-state index in [1.807, 2.05) is 5.32 Å². The lowest BCUT2D eigenvalue weighted by atomic mass is 10.2. The normalized spacial score (nSPS) is 11.7. The van der Waals surface area contributed by atoms with Crippen LogP contribution in [0.4, 0.5) is 32.0 Å². The quantitative estimate of drug-likeness (QED) is 0.863. The molecule has 0 radical (unpaired) electrons. The molecule has 0 saturated carbocycles. The molecule has 0 aliphatic heterocycles. The van der Waals surface area contributed by atoms with Gasteiger partial charge >= 0.3 is 12.4 Å². The van der Waals surface area contributed by atoms with Crippen molar-refractivity contribution in [2.45, 2.75) is 18.8 Å². The number of hydrogen-bond donors (Lipinski definition) is 1. The minimum absolute atomic E-state index is 0.162. The second-order valence-electron chi connectivity index (χ2n) is 4.07. The number of hydrogen-bond acceptors (Lipinski definition) is 3. The van der Waals surface area contributed by atoms with Crippen LogP contribution in [0, 0.1) is 11.3 Å². The lowest BCUT2D eigenvalue weighted by Gasteiger charge is -2.12. The summed E-state index contributed by atoms with van der Waals surface area (Å²) in [5.74, 6) is -1.76. The topological polar surface area (TPSA) is 62.1 Å². The van der Waals surface area contributed by atoms with Crippen LogP contribution in [0.25, 0.3) is 0 Å². The van der Waals surface area contributed by atoms with Gasteiger partial charge in [-0.1, -0.05) is 0 Å². The fraction of sp³-hybridized carbons (Fsp3) is 0.333. The molecule has 120 valence electrons. The monoisotopic (exact) mass is 326 g/mol. The van der Waals surface area contributed by atoms with Crippen molar-refractivity contribution in [3.8, 4) is 11.8 Å². The highest BCUT2D eigenvalue weighted by molar-refractivity contribution is 5.91. The van der Waals surface area contributed by atoms with E-state index in [9.17, 15) is 31.1 Å². The van der Waals surface area contributed by atoms with Gasteiger partial charge in [-0.15, -0.1) is 0 Å². The number of benzene rings is 1. The molecule has 1 aromatic carbocycles. The molecule has 4 nitrogen and oxygen atoms in total. The number of ether oxygens (including phenoxy) is 1. The van der Waals surface area contributed by atoms with Gasteiger partial charge in [-0.05, 0) is 18.2 Å². The molecular weight excluding hydrogens is 318 g/mol. The third-order valence-corrected chi connectivity index (χ3v) is 2.14. The molecule has 22 heavy (non-hydrogen) atoms. The fourth-order valence-electron chi connectivity index (χ4n) is 1.37. The maximum absolute atomic E-state index is 12.0. The Bertz CT molecular complexity index is 589. The fourth-order valence-corrected chi connectivity index (χ4v) is 1.37. The highest BCUT2D eigenvalue weighted by Crippen LogP contribution is 2.26. The van der Waals surface area contributed by atoms with Gasteiger partial charge in [0.15, 0.2) is 6.61 Å². The van der Waals surface area contributed by atoms with Crippen molar-refractivity contribution in [1.82, 2.24) is 0 Å². The highest BCUT2D eigenvalue weighted by atomic mass is 19.4. The van der Waals surface area contributed by atoms with Gasteiger partial charge in [0.25, 0.3) is 0 Å². The van der Waals surface area contributed by atoms with E-state index in [2.05, 4.69) is 4.74 Å². The van der Waals surface area contributed by atoms with Gasteiger partial charge in [-0.2, -0.15) is 31.6 Å². The first-order valence-electron chi connectivity index (χ1n) is 5.60. The molecule has 1 N–H and O–H groups in total. The summed E-state index contributed by atoms with van der Waals surface area (Å²) >= 11 is 0. The zero-order valence-electron chi connectivity index (χ0n) is 10.7. The summed E-state index contributed by atoms with van der Waals surface area (Å²) < 4.78 is 76.4. The van der Waals surface area contributed by atoms with E-state index in [0.29, 0.717) is 0 Å². The average Bonchev–Trinajstić information content (AvgIpc) is 2.33. The minimum Gasteiger partial charge on any atom is -0.483 e. The Morgan fingerprint density at radius 2 is 1.82 bits per heavy atom. The zero-order valence-corrected chi connectivity index (χ0v) is 10.7. The smallest absolute Gasteiger partial charge is 0.422 e. The Balaban J connectivity index is 2.81. The Kier molecular flexibility index (Phi) is 5.24. The molecule has 0 spiro atoms. The van der Waals surface area contributed by atoms with Gasteiger partial charge in [-0.25, -0.2) is 0 Å². The molecule has 0 saturated heterocycles. The summed E-state index contributed by atoms with van der Waals surface area (Å²) in [4.78, 5) is 11.1. The van der Waals surface area contributed by atoms with Crippen LogP contribution < -0.4 is 10.1 Å². The molecule has 1 amide bonds. The van der Waals surface area contributed by atoms with Crippen molar-refractivity contribution in [1.29, 1.82) is 5.26 Å². The second-order valence-corrected chi connectivity index (χ2v) is 4.07. The van der Waals surface area contributed by atoms with Gasteiger partial charge in [-0.3, -0.25) is 4.79 Å². The molecule has 0 aliphatic carbocycles. The predicted octanol–water partition coefficient (Wildman–Crippen LogP) is 3.39. The molecule has 1 rings (SSSR count). The van der Waals surface area contributed by atoms with E-state index in [4.69, 9.17) is 5.26 Å². The number of alkyl halides is 6. The van der Waals surface area contributed by atoms with E-state index < -0.39 is 37.0 Å². The first-order valence-corrected chi connectivity index (χ1v) is 5.60. The van der Waals surface area contributed by atoms with Gasteiger partial charge in [0.2, 0.25) is 5.91 Å². The van der Waals surface area contributed by atoms with E-state index >= 15 is 0 Å². The summed E-state index contributed by atoms with van der Waals surface area (Å²) in [7, 11) is 0. The molecule has 0 bridgehead atoms. The van der Waals surface area contributed by atoms with Crippen LogP contribution >= 0.6 is 0 Å². The Hall–Kier alpha value is -2.44. The maximum atomic E-state index is 12.0. The molecule has 0 aromatic heterocycles. The number of carbonyl (C=O) groups is 1. The van der Waals surface area contributed by atoms with Crippen LogP contribution in [0.15, 0.2) is 18.2 Å². The highest BCUT2D eigenvalue weighted by Gasteiger charge is 2.31. The van der Waals surface area contributed by atoms with Crippen molar-refractivity contribution >= 4 is 11.6 Å². The molecule has 0 atom stereocenters. The SMILES string of the molecule is N#Cc1cc(NC(=O)CC(F)(F)F)ccc1OCC(F)(F)F. The van der Waals surface area contributed by atoms with Crippen molar-refractivity contribution in [2.75, 3.05) is 11.9 Å². The first-order chi connectivity index (χ1) is 10.00. The standard InChI is InChI=1S/C12H8F6N2O2/c13-11(14,15)4-10(21)20-8-1-2-9(7(3-8)5-19)22-6-12(16,17)18/h1-3H,4,6H2,(H,20,21). The van der Waals surface area contributed by atoms with Gasteiger partial charge in [0, 0.05) is 5.69 Å². The number of anilines is 1. The molecule has 0 unspecified atom stereocenters. The Morgan fingerprint density at radius 1 is 1.18 bits per heavy atom. The molecule has 10 heteroatoms. The molecular formula is C12H8F6N2O2. The van der Waals surface area contributed by atoms with Crippen LogP contribution in [0.1, 0.15) is 12.0 Å². The summed E-state index contributed by atoms with van der Waals surface area (Å²) in [5.41, 5.74) is -0.515. The van der Waals surface area contributed by atoms with Gasteiger partial charge in [0.05, 0.1) is 5.56 Å². The van der Waals surface area contributed by atoms with Gasteiger partial charge < -0.3 is 10.1 Å². The van der Waals surface area contributed by atoms with E-state index in [1.54, 1.807) is 0 Å². The number of nitrogens with zero attached hydrogens (tertiary/aromatic N) is 1. The number of halogens is 6. The van der Waals surface area contributed by atoms with Crippen molar-refractivity contribution in [3.63, 3.8) is 0 Å². The van der Waals surface area contributed by atoms with Crippen LogP contribution in [-0.2, 0) is 4.79 Å². The van der Waals surface area contributed by atoms with Crippen molar-refractivity contribution in [2.24, 2.45) is 0 Å². The van der Waals surface area contributed by atoms with E-state index in [1.165, 1.54) is 6.07 Å². The lowest BCUT2D eigenvalue weighted by Crippen LogP contribution is -2.21. The number of carbonyl (C=O) groups excluding carboxylic acids is 1. The van der Waals surface area contributed by atoms with E-state index in [-0.39, 0.29) is 11.3 Å². The summed E-state index contributed by atoms with van der Waals surface area (Å²) in [5, 5.41) is 10.7. The van der Waals surface area contributed by atoms with Gasteiger partial charge in [0.1, 0.15) is 18.2 Å². The molecule has 0 heterocycles. The second kappa shape index (κ2) is 6.55. The number of amides is 1. The summed E-state index contributed by atoms with van der Waals surface area (Å²) in [6.45, 7) is -1.62. The van der Waals surface area contributed by atoms with E-state index in [0.717, 1.165) is 18.2 Å². The minimum atomic E-state index is -4.70. The Labute approximate surface area is 120 Å². The summed E-state index contributed by atoms with van der Waals surface area (Å²) in [6, 6.07) is 4.42. The number of nitriles is 1.